The van der Waals surface area contributed by atoms with Gasteiger partial charge in [-0.25, -0.2) is 4.39 Å². The van der Waals surface area contributed by atoms with Crippen LogP contribution in [0.25, 0.3) is 0 Å². The third-order valence-electron chi connectivity index (χ3n) is 1.71. The molecule has 14 heavy (non-hydrogen) atoms. The Morgan fingerprint density at radius 2 is 1.71 bits per heavy atom. The lowest BCUT2D eigenvalue weighted by molar-refractivity contribution is -0.138. The van der Waals surface area contributed by atoms with E-state index < -0.39 is 27.6 Å². The monoisotopic (exact) mass is 246 g/mol. The lowest BCUT2D eigenvalue weighted by Crippen LogP contribution is -2.08. The van der Waals surface area contributed by atoms with Gasteiger partial charge in [0, 0.05) is 0 Å². The fraction of sp³-hybridized carbons (Fsp3) is 0.250. The van der Waals surface area contributed by atoms with E-state index in [0.29, 0.717) is 6.07 Å². The summed E-state index contributed by atoms with van der Waals surface area (Å²) in [7, 11) is 0. The Hall–Kier alpha value is -0.480. The van der Waals surface area contributed by atoms with Gasteiger partial charge in [-0.2, -0.15) is 13.2 Å². The quantitative estimate of drug-likeness (QED) is 0.469. The van der Waals surface area contributed by atoms with Crippen molar-refractivity contribution in [2.75, 3.05) is 0 Å². The zero-order valence-electron chi connectivity index (χ0n) is 6.85. The zero-order valence-corrected chi connectivity index (χ0v) is 8.36. The molecule has 6 heteroatoms. The summed E-state index contributed by atoms with van der Waals surface area (Å²) >= 11 is 10.6. The third kappa shape index (κ3) is 1.96. The molecule has 0 nitrogen and oxygen atoms in total. The first-order valence-corrected chi connectivity index (χ1v) is 4.22. The molecule has 0 aromatic heterocycles. The van der Waals surface area contributed by atoms with Crippen molar-refractivity contribution >= 4 is 23.2 Å². The standard InChI is InChI=1S/C8H4Cl2F4/c1-3-4(8(12,13)14)2-5(9)7(11)6(3)10/h2H,1H3. The highest BCUT2D eigenvalue weighted by molar-refractivity contribution is 6.35. The Morgan fingerprint density at radius 1 is 1.21 bits per heavy atom. The van der Waals surface area contributed by atoms with E-state index >= 15 is 0 Å². The van der Waals surface area contributed by atoms with Crippen LogP contribution in [0.15, 0.2) is 6.07 Å². The van der Waals surface area contributed by atoms with E-state index in [1.165, 1.54) is 0 Å². The van der Waals surface area contributed by atoms with Crippen molar-refractivity contribution in [3.63, 3.8) is 0 Å². The molecule has 0 saturated heterocycles. The van der Waals surface area contributed by atoms with Crippen molar-refractivity contribution in [2.24, 2.45) is 0 Å². The molecule has 0 radical (unpaired) electrons. The molecular formula is C8H4Cl2F4. The van der Waals surface area contributed by atoms with E-state index in [1.54, 1.807) is 0 Å². The molecular weight excluding hydrogens is 243 g/mol. The van der Waals surface area contributed by atoms with Crippen molar-refractivity contribution in [3.05, 3.63) is 33.1 Å². The molecule has 0 unspecified atom stereocenters. The van der Waals surface area contributed by atoms with E-state index in [2.05, 4.69) is 0 Å². The molecule has 0 aliphatic carbocycles. The number of hydrogen-bond donors (Lipinski definition) is 0. The van der Waals surface area contributed by atoms with Gasteiger partial charge < -0.3 is 0 Å². The molecule has 0 bridgehead atoms. The highest BCUT2D eigenvalue weighted by Crippen LogP contribution is 2.38. The second-order valence-corrected chi connectivity index (χ2v) is 3.44. The summed E-state index contributed by atoms with van der Waals surface area (Å²) in [4.78, 5) is 0. The van der Waals surface area contributed by atoms with Crippen LogP contribution in [0.3, 0.4) is 0 Å². The Bertz CT molecular complexity index is 371. The predicted octanol–water partition coefficient (Wildman–Crippen LogP) is 4.46. The molecule has 78 valence electrons. The first-order chi connectivity index (χ1) is 6.25. The van der Waals surface area contributed by atoms with Crippen molar-refractivity contribution in [2.45, 2.75) is 13.1 Å². The van der Waals surface area contributed by atoms with Crippen LogP contribution >= 0.6 is 23.2 Å². The maximum Gasteiger partial charge on any atom is 0.416 e. The first kappa shape index (κ1) is 11.6. The molecule has 0 spiro atoms. The minimum absolute atomic E-state index is 0.360. The Balaban J connectivity index is 3.49. The maximum absolute atomic E-state index is 12.9. The summed E-state index contributed by atoms with van der Waals surface area (Å²) in [6, 6.07) is 0.526. The number of hydrogen-bond acceptors (Lipinski definition) is 0. The van der Waals surface area contributed by atoms with Gasteiger partial charge >= 0.3 is 6.18 Å². The highest BCUT2D eigenvalue weighted by Gasteiger charge is 2.34. The summed E-state index contributed by atoms with van der Waals surface area (Å²) in [6.45, 7) is 1.09. The molecule has 0 saturated carbocycles. The molecule has 0 atom stereocenters. The Kier molecular flexibility index (Phi) is 2.97. The second kappa shape index (κ2) is 3.59. The van der Waals surface area contributed by atoms with E-state index in [1.807, 2.05) is 0 Å². The number of benzene rings is 1. The van der Waals surface area contributed by atoms with Crippen LogP contribution in [0.5, 0.6) is 0 Å². The smallest absolute Gasteiger partial charge is 0.204 e. The van der Waals surface area contributed by atoms with Gasteiger partial charge in [-0.3, -0.25) is 0 Å². The first-order valence-electron chi connectivity index (χ1n) is 3.46. The molecule has 0 amide bonds. The zero-order chi connectivity index (χ0) is 11.1. The minimum Gasteiger partial charge on any atom is -0.204 e. The van der Waals surface area contributed by atoms with Crippen LogP contribution in [0.2, 0.25) is 10.0 Å². The van der Waals surface area contributed by atoms with Crippen molar-refractivity contribution in [3.8, 4) is 0 Å². The molecule has 0 aliphatic heterocycles. The topological polar surface area (TPSA) is 0 Å². The van der Waals surface area contributed by atoms with Crippen molar-refractivity contribution in [1.82, 2.24) is 0 Å². The normalized spacial score (nSPS) is 11.9. The van der Waals surface area contributed by atoms with Gasteiger partial charge in [-0.05, 0) is 18.6 Å². The van der Waals surface area contributed by atoms with E-state index in [4.69, 9.17) is 23.2 Å². The number of halogens is 6. The predicted molar refractivity (Wildman–Crippen MR) is 46.2 cm³/mol. The Labute approximate surface area is 87.4 Å². The van der Waals surface area contributed by atoms with Crippen LogP contribution in [-0.4, -0.2) is 0 Å². The van der Waals surface area contributed by atoms with Gasteiger partial charge in [-0.15, -0.1) is 0 Å². The van der Waals surface area contributed by atoms with Crippen LogP contribution in [0.1, 0.15) is 11.1 Å². The largest absolute Gasteiger partial charge is 0.416 e. The lowest BCUT2D eigenvalue weighted by atomic mass is 10.1. The highest BCUT2D eigenvalue weighted by atomic mass is 35.5. The molecule has 1 aromatic rings. The number of alkyl halides is 3. The van der Waals surface area contributed by atoms with Gasteiger partial charge in [0.05, 0.1) is 15.6 Å². The Morgan fingerprint density at radius 3 is 2.14 bits per heavy atom. The fourth-order valence-corrected chi connectivity index (χ4v) is 1.44. The summed E-state index contributed by atoms with van der Waals surface area (Å²) < 4.78 is 49.8. The van der Waals surface area contributed by atoms with E-state index in [9.17, 15) is 17.6 Å². The van der Waals surface area contributed by atoms with E-state index in [0.717, 1.165) is 6.92 Å². The van der Waals surface area contributed by atoms with Crippen LogP contribution in [-0.2, 0) is 6.18 Å². The number of rotatable bonds is 0. The molecule has 0 aliphatic rings. The SMILES string of the molecule is Cc1c(C(F)(F)F)cc(Cl)c(F)c1Cl. The maximum atomic E-state index is 12.9. The van der Waals surface area contributed by atoms with Crippen LogP contribution < -0.4 is 0 Å². The van der Waals surface area contributed by atoms with Gasteiger partial charge in [0.25, 0.3) is 0 Å². The van der Waals surface area contributed by atoms with Gasteiger partial charge in [0.2, 0.25) is 0 Å². The van der Waals surface area contributed by atoms with Crippen molar-refractivity contribution < 1.29 is 17.6 Å². The van der Waals surface area contributed by atoms with E-state index in [-0.39, 0.29) is 5.56 Å². The minimum atomic E-state index is -4.58. The second-order valence-electron chi connectivity index (χ2n) is 2.66. The summed E-state index contributed by atoms with van der Waals surface area (Å²) in [5.74, 6) is -1.03. The lowest BCUT2D eigenvalue weighted by Gasteiger charge is -2.12. The molecule has 1 aromatic carbocycles. The van der Waals surface area contributed by atoms with Crippen LogP contribution in [0.4, 0.5) is 17.6 Å². The molecule has 0 heterocycles. The molecule has 1 rings (SSSR count). The fourth-order valence-electron chi connectivity index (χ4n) is 0.980. The summed E-state index contributed by atoms with van der Waals surface area (Å²) in [6.07, 6.45) is -4.58. The van der Waals surface area contributed by atoms with Crippen molar-refractivity contribution in [1.29, 1.82) is 0 Å². The van der Waals surface area contributed by atoms with Gasteiger partial charge in [0.15, 0.2) is 5.82 Å². The van der Waals surface area contributed by atoms with Crippen LogP contribution in [0, 0.1) is 12.7 Å². The average molecular weight is 247 g/mol. The summed E-state index contributed by atoms with van der Waals surface area (Å²) in [5, 5.41) is -1.22. The third-order valence-corrected chi connectivity index (χ3v) is 2.44. The van der Waals surface area contributed by atoms with Gasteiger partial charge in [0.1, 0.15) is 0 Å². The average Bonchev–Trinajstić information content (AvgIpc) is 2.06. The summed E-state index contributed by atoms with van der Waals surface area (Å²) in [5.41, 5.74) is -1.38. The molecule has 0 N–H and O–H groups in total. The van der Waals surface area contributed by atoms with Gasteiger partial charge in [-0.1, -0.05) is 23.2 Å². The molecule has 0 fully saturated rings.